The normalized spacial score (nSPS) is 20.2. The minimum Gasteiger partial charge on any atom is -0.332 e. The Bertz CT molecular complexity index is 516. The Balaban J connectivity index is 1.69. The molecule has 2 aromatic heterocycles. The van der Waals surface area contributed by atoms with E-state index >= 15 is 0 Å². The Morgan fingerprint density at radius 3 is 3.17 bits per heavy atom. The van der Waals surface area contributed by atoms with Crippen molar-refractivity contribution in [1.29, 1.82) is 0 Å². The molecule has 1 unspecified atom stereocenters. The fraction of sp³-hybridized carbons (Fsp3) is 0.583. The molecule has 0 bridgehead atoms. The van der Waals surface area contributed by atoms with Gasteiger partial charge in [-0.25, -0.2) is 4.98 Å². The monoisotopic (exact) mass is 264 g/mol. The van der Waals surface area contributed by atoms with Crippen LogP contribution in [0.2, 0.25) is 0 Å². The van der Waals surface area contributed by atoms with Gasteiger partial charge in [-0.05, 0) is 38.8 Å². The molecular formula is C12H16N4OS. The smallest absolute Gasteiger partial charge is 0.277 e. The molecule has 5 nitrogen and oxygen atoms in total. The Morgan fingerprint density at radius 2 is 2.44 bits per heavy atom. The van der Waals surface area contributed by atoms with E-state index in [0.717, 1.165) is 36.0 Å². The van der Waals surface area contributed by atoms with Gasteiger partial charge in [0.25, 0.3) is 5.89 Å². The van der Waals surface area contributed by atoms with Gasteiger partial charge in [0, 0.05) is 11.8 Å². The van der Waals surface area contributed by atoms with E-state index in [2.05, 4.69) is 20.4 Å². The maximum atomic E-state index is 5.27. The van der Waals surface area contributed by atoms with Crippen LogP contribution in [0.1, 0.15) is 23.7 Å². The zero-order chi connectivity index (χ0) is 12.4. The third-order valence-corrected chi connectivity index (χ3v) is 3.95. The van der Waals surface area contributed by atoms with E-state index in [-0.39, 0.29) is 0 Å². The molecule has 1 N–H and O–H groups in total. The van der Waals surface area contributed by atoms with Crippen molar-refractivity contribution in [3.8, 4) is 11.6 Å². The van der Waals surface area contributed by atoms with Crippen LogP contribution in [0.25, 0.3) is 11.6 Å². The first-order valence-corrected chi connectivity index (χ1v) is 7.15. The lowest BCUT2D eigenvalue weighted by atomic mass is 9.96. The molecule has 3 heterocycles. The molecule has 0 aromatic carbocycles. The largest absolute Gasteiger partial charge is 0.332 e. The molecule has 1 saturated heterocycles. The van der Waals surface area contributed by atoms with Gasteiger partial charge >= 0.3 is 0 Å². The lowest BCUT2D eigenvalue weighted by Gasteiger charge is -2.20. The average molecular weight is 264 g/mol. The first-order chi connectivity index (χ1) is 8.81. The number of nitrogens with one attached hydrogen (secondary N) is 1. The van der Waals surface area contributed by atoms with Crippen LogP contribution in [0, 0.1) is 12.8 Å². The van der Waals surface area contributed by atoms with Crippen molar-refractivity contribution in [3.05, 3.63) is 16.2 Å². The van der Waals surface area contributed by atoms with Crippen molar-refractivity contribution in [2.24, 2.45) is 5.92 Å². The van der Waals surface area contributed by atoms with Crippen molar-refractivity contribution in [2.75, 3.05) is 13.1 Å². The van der Waals surface area contributed by atoms with Gasteiger partial charge in [0.15, 0.2) is 5.82 Å². The second-order valence-electron chi connectivity index (χ2n) is 4.68. The third-order valence-electron chi connectivity index (χ3n) is 3.18. The summed E-state index contributed by atoms with van der Waals surface area (Å²) in [4.78, 5) is 8.78. The van der Waals surface area contributed by atoms with E-state index in [0.29, 0.717) is 11.8 Å². The standard InChI is InChI=1S/C12H16N4OS/c1-8-14-10(7-18-8)12-15-11(16-17-12)5-9-3-2-4-13-6-9/h7,9,13H,2-6H2,1H3. The van der Waals surface area contributed by atoms with Gasteiger partial charge in [-0.3, -0.25) is 0 Å². The van der Waals surface area contributed by atoms with Crippen molar-refractivity contribution >= 4 is 11.3 Å². The molecule has 6 heteroatoms. The summed E-state index contributed by atoms with van der Waals surface area (Å²) in [5.41, 5.74) is 0.790. The summed E-state index contributed by atoms with van der Waals surface area (Å²) in [6.45, 7) is 4.16. The Labute approximate surface area is 110 Å². The van der Waals surface area contributed by atoms with Crippen LogP contribution >= 0.6 is 11.3 Å². The second kappa shape index (κ2) is 5.16. The lowest BCUT2D eigenvalue weighted by Crippen LogP contribution is -2.31. The Hall–Kier alpha value is -1.27. The van der Waals surface area contributed by atoms with Gasteiger partial charge in [0.05, 0.1) is 5.01 Å². The first-order valence-electron chi connectivity index (χ1n) is 6.27. The molecule has 96 valence electrons. The van der Waals surface area contributed by atoms with Gasteiger partial charge in [-0.1, -0.05) is 5.16 Å². The summed E-state index contributed by atoms with van der Waals surface area (Å²) in [7, 11) is 0. The molecule has 0 aliphatic carbocycles. The molecule has 2 aromatic rings. The zero-order valence-corrected chi connectivity index (χ0v) is 11.2. The van der Waals surface area contributed by atoms with Crippen LogP contribution in [0.5, 0.6) is 0 Å². The minimum absolute atomic E-state index is 0.540. The molecule has 1 fully saturated rings. The maximum Gasteiger partial charge on any atom is 0.277 e. The van der Waals surface area contributed by atoms with Crippen molar-refractivity contribution in [1.82, 2.24) is 20.4 Å². The topological polar surface area (TPSA) is 63.8 Å². The predicted octanol–water partition coefficient (Wildman–Crippen LogP) is 2.04. The summed E-state index contributed by atoms with van der Waals surface area (Å²) in [5.74, 6) is 1.96. The molecular weight excluding hydrogens is 248 g/mol. The molecule has 1 aliphatic heterocycles. The summed E-state index contributed by atoms with van der Waals surface area (Å²) in [6, 6.07) is 0. The van der Waals surface area contributed by atoms with E-state index < -0.39 is 0 Å². The quantitative estimate of drug-likeness (QED) is 0.919. The number of piperidine rings is 1. The molecule has 1 aliphatic rings. The maximum absolute atomic E-state index is 5.27. The lowest BCUT2D eigenvalue weighted by molar-refractivity contribution is 0.359. The number of nitrogens with zero attached hydrogens (tertiary/aromatic N) is 3. The summed E-state index contributed by atoms with van der Waals surface area (Å²) in [6.07, 6.45) is 3.37. The van der Waals surface area contributed by atoms with Crippen LogP contribution < -0.4 is 5.32 Å². The fourth-order valence-electron chi connectivity index (χ4n) is 2.26. The van der Waals surface area contributed by atoms with E-state index in [1.54, 1.807) is 11.3 Å². The third kappa shape index (κ3) is 2.59. The summed E-state index contributed by atoms with van der Waals surface area (Å²) >= 11 is 1.60. The number of rotatable bonds is 3. The average Bonchev–Trinajstić information content (AvgIpc) is 2.99. The molecule has 0 spiro atoms. The molecule has 0 radical (unpaired) electrons. The number of aromatic nitrogens is 3. The highest BCUT2D eigenvalue weighted by Gasteiger charge is 2.18. The van der Waals surface area contributed by atoms with E-state index in [4.69, 9.17) is 4.52 Å². The number of hydrogen-bond acceptors (Lipinski definition) is 6. The molecule has 0 amide bonds. The van der Waals surface area contributed by atoms with Gasteiger partial charge in [0.2, 0.25) is 0 Å². The van der Waals surface area contributed by atoms with Gasteiger partial charge in [-0.15, -0.1) is 11.3 Å². The molecule has 18 heavy (non-hydrogen) atoms. The molecule has 1 atom stereocenters. The predicted molar refractivity (Wildman–Crippen MR) is 69.4 cm³/mol. The van der Waals surface area contributed by atoms with Crippen LogP contribution in [0.4, 0.5) is 0 Å². The van der Waals surface area contributed by atoms with Crippen molar-refractivity contribution in [3.63, 3.8) is 0 Å². The zero-order valence-electron chi connectivity index (χ0n) is 10.3. The van der Waals surface area contributed by atoms with E-state index in [1.165, 1.54) is 12.8 Å². The number of hydrogen-bond donors (Lipinski definition) is 1. The van der Waals surface area contributed by atoms with Gasteiger partial charge < -0.3 is 9.84 Å². The Kier molecular flexibility index (Phi) is 3.38. The molecule has 0 saturated carbocycles. The SMILES string of the molecule is Cc1nc(-c2nc(CC3CCCNC3)no2)cs1. The van der Waals surface area contributed by atoms with Crippen LogP contribution in [-0.4, -0.2) is 28.2 Å². The fourth-order valence-corrected chi connectivity index (χ4v) is 2.85. The van der Waals surface area contributed by atoms with Crippen molar-refractivity contribution in [2.45, 2.75) is 26.2 Å². The second-order valence-corrected chi connectivity index (χ2v) is 5.75. The highest BCUT2D eigenvalue weighted by atomic mass is 32.1. The highest BCUT2D eigenvalue weighted by Crippen LogP contribution is 2.21. The minimum atomic E-state index is 0.540. The van der Waals surface area contributed by atoms with E-state index in [9.17, 15) is 0 Å². The van der Waals surface area contributed by atoms with Gasteiger partial charge in [-0.2, -0.15) is 4.98 Å². The van der Waals surface area contributed by atoms with Crippen molar-refractivity contribution < 1.29 is 4.52 Å². The number of aryl methyl sites for hydroxylation is 1. The van der Waals surface area contributed by atoms with E-state index in [1.807, 2.05) is 12.3 Å². The highest BCUT2D eigenvalue weighted by molar-refractivity contribution is 7.09. The Morgan fingerprint density at radius 1 is 1.50 bits per heavy atom. The van der Waals surface area contributed by atoms with Crippen LogP contribution in [-0.2, 0) is 6.42 Å². The number of thiazole rings is 1. The summed E-state index contributed by atoms with van der Waals surface area (Å²) < 4.78 is 5.27. The van der Waals surface area contributed by atoms with Crippen LogP contribution in [0.15, 0.2) is 9.90 Å². The first kappa shape index (κ1) is 11.8. The van der Waals surface area contributed by atoms with Gasteiger partial charge in [0.1, 0.15) is 5.69 Å². The van der Waals surface area contributed by atoms with Crippen LogP contribution in [0.3, 0.4) is 0 Å². The summed E-state index contributed by atoms with van der Waals surface area (Å²) in [5, 5.41) is 10.4. The molecule has 3 rings (SSSR count).